The molecule has 0 bridgehead atoms. The van der Waals surface area contributed by atoms with E-state index in [2.05, 4.69) is 20.1 Å². The van der Waals surface area contributed by atoms with Gasteiger partial charge >= 0.3 is 11.9 Å². The van der Waals surface area contributed by atoms with Crippen LogP contribution >= 0.6 is 0 Å². The largest absolute Gasteiger partial charge is 0.481 e. The molecule has 2 aromatic heterocycles. The molecule has 0 unspecified atom stereocenters. The van der Waals surface area contributed by atoms with E-state index in [-0.39, 0.29) is 16.9 Å². The number of nitrogens with one attached hydrogen (secondary N) is 1. The van der Waals surface area contributed by atoms with E-state index in [4.69, 9.17) is 15.2 Å². The first-order valence-corrected chi connectivity index (χ1v) is 14.0. The molecule has 19 heteroatoms. The molecule has 0 saturated carbocycles. The van der Waals surface area contributed by atoms with Gasteiger partial charge in [0.05, 0.1) is 30.4 Å². The van der Waals surface area contributed by atoms with E-state index in [1.807, 2.05) is 0 Å². The fourth-order valence-electron chi connectivity index (χ4n) is 3.25. The summed E-state index contributed by atoms with van der Waals surface area (Å²) in [6.07, 6.45) is 0.902. The van der Waals surface area contributed by atoms with Crippen molar-refractivity contribution in [1.82, 2.24) is 29.0 Å². The standard InChI is InChI=1S/C21H24N8O9S2/c1-5-38-19(32)14-11-23-28(3)17(14)40(35,36)29(20(22)26-21-24-12(2)10-16(25-21)37-4)27-39(33,34)15-9-7-6-8-13(15)18(30)31/h6-11,27H,5H2,1-4H3,(H,30,31)(H2,22,24,25,26). The van der Waals surface area contributed by atoms with Gasteiger partial charge in [0.1, 0.15) is 5.56 Å². The van der Waals surface area contributed by atoms with Gasteiger partial charge in [-0.05, 0) is 26.0 Å². The molecule has 0 aliphatic heterocycles. The van der Waals surface area contributed by atoms with Crippen molar-refractivity contribution in [3.63, 3.8) is 0 Å². The lowest BCUT2D eigenvalue weighted by Gasteiger charge is -2.24. The number of aryl methyl sites for hydroxylation is 2. The lowest BCUT2D eigenvalue weighted by Crippen LogP contribution is -2.53. The van der Waals surface area contributed by atoms with E-state index >= 15 is 0 Å². The maximum Gasteiger partial charge on any atom is 0.342 e. The first-order valence-electron chi connectivity index (χ1n) is 11.1. The fourth-order valence-corrected chi connectivity index (χ4v) is 6.30. The normalized spacial score (nSPS) is 12.2. The first kappa shape index (κ1) is 29.9. The Kier molecular flexibility index (Phi) is 8.71. The lowest BCUT2D eigenvalue weighted by atomic mass is 10.2. The highest BCUT2D eigenvalue weighted by Crippen LogP contribution is 2.23. The van der Waals surface area contributed by atoms with Crippen molar-refractivity contribution in [1.29, 1.82) is 0 Å². The number of hydrogen-bond acceptors (Lipinski definition) is 12. The van der Waals surface area contributed by atoms with Gasteiger partial charge in [0, 0.05) is 18.8 Å². The van der Waals surface area contributed by atoms with Crippen LogP contribution in [0.3, 0.4) is 0 Å². The van der Waals surface area contributed by atoms with Gasteiger partial charge in [-0.3, -0.25) is 4.68 Å². The number of sulfonamides is 2. The zero-order valence-corrected chi connectivity index (χ0v) is 23.1. The van der Waals surface area contributed by atoms with Crippen molar-refractivity contribution in [2.45, 2.75) is 23.8 Å². The third kappa shape index (κ3) is 6.16. The minimum Gasteiger partial charge on any atom is -0.481 e. The summed E-state index contributed by atoms with van der Waals surface area (Å²) in [4.78, 5) is 36.9. The Labute approximate surface area is 228 Å². The number of hydrogen-bond donors (Lipinski definition) is 3. The van der Waals surface area contributed by atoms with Crippen LogP contribution in [-0.2, 0) is 31.8 Å². The minimum absolute atomic E-state index is 0.0423. The van der Waals surface area contributed by atoms with Crippen molar-refractivity contribution in [3.8, 4) is 5.88 Å². The Morgan fingerprint density at radius 2 is 1.85 bits per heavy atom. The topological polar surface area (TPSA) is 238 Å². The first-order chi connectivity index (χ1) is 18.7. The van der Waals surface area contributed by atoms with Crippen LogP contribution in [0.1, 0.15) is 33.3 Å². The molecule has 0 atom stereocenters. The van der Waals surface area contributed by atoms with Gasteiger partial charge in [0.2, 0.25) is 11.8 Å². The maximum absolute atomic E-state index is 13.9. The number of aromatic nitrogens is 4. The highest BCUT2D eigenvalue weighted by molar-refractivity contribution is 7.92. The molecule has 3 aromatic rings. The van der Waals surface area contributed by atoms with Crippen molar-refractivity contribution in [2.24, 2.45) is 17.8 Å². The minimum atomic E-state index is -5.15. The number of nitrogens with two attached hydrogens (primary N) is 1. The Hall–Kier alpha value is -4.62. The summed E-state index contributed by atoms with van der Waals surface area (Å²) in [5.41, 5.74) is 5.13. The van der Waals surface area contributed by atoms with Crippen molar-refractivity contribution >= 4 is 43.9 Å². The number of carbonyl (C=O) groups excluding carboxylic acids is 1. The number of carbonyl (C=O) groups is 2. The molecule has 4 N–H and O–H groups in total. The van der Waals surface area contributed by atoms with Crippen molar-refractivity contribution < 1.29 is 41.0 Å². The van der Waals surface area contributed by atoms with E-state index in [0.717, 1.165) is 23.0 Å². The van der Waals surface area contributed by atoms with Crippen LogP contribution in [0, 0.1) is 6.92 Å². The number of aliphatic imine (C=N–C) groups is 1. The number of guanidine groups is 1. The summed E-state index contributed by atoms with van der Waals surface area (Å²) in [5.74, 6) is -4.07. The van der Waals surface area contributed by atoms with E-state index in [0.29, 0.717) is 5.69 Å². The Morgan fingerprint density at radius 3 is 2.48 bits per heavy atom. The Balaban J connectivity index is 2.26. The van der Waals surface area contributed by atoms with E-state index in [1.54, 1.807) is 11.8 Å². The SMILES string of the molecule is CCOC(=O)c1cnn(C)c1S(=O)(=O)N(NS(=O)(=O)c1ccccc1C(=O)O)C(N)=Nc1nc(C)cc(OC)n1. The molecule has 0 fully saturated rings. The lowest BCUT2D eigenvalue weighted by molar-refractivity contribution is 0.0520. The van der Waals surface area contributed by atoms with E-state index in [1.165, 1.54) is 39.3 Å². The summed E-state index contributed by atoms with van der Waals surface area (Å²) in [5, 5.41) is 12.4. The average Bonchev–Trinajstić information content (AvgIpc) is 3.29. The average molecular weight is 597 g/mol. The highest BCUT2D eigenvalue weighted by Gasteiger charge is 2.38. The summed E-state index contributed by atoms with van der Waals surface area (Å²) >= 11 is 0. The quantitative estimate of drug-likeness (QED) is 0.120. The van der Waals surface area contributed by atoms with Crippen LogP contribution in [0.15, 0.2) is 51.4 Å². The molecular weight excluding hydrogens is 572 g/mol. The number of carboxylic acids is 1. The molecule has 0 aliphatic carbocycles. The number of ether oxygens (including phenoxy) is 2. The maximum atomic E-state index is 13.9. The van der Waals surface area contributed by atoms with Crippen LogP contribution in [-0.4, -0.2) is 77.7 Å². The highest BCUT2D eigenvalue weighted by atomic mass is 32.2. The van der Waals surface area contributed by atoms with Crippen LogP contribution in [0.25, 0.3) is 0 Å². The third-order valence-electron chi connectivity index (χ3n) is 4.93. The van der Waals surface area contributed by atoms with Crippen LogP contribution in [0.5, 0.6) is 5.88 Å². The number of hydrazine groups is 1. The number of nitrogens with zero attached hydrogens (tertiary/aromatic N) is 6. The zero-order chi connectivity index (χ0) is 29.8. The van der Waals surface area contributed by atoms with Gasteiger partial charge in [0.15, 0.2) is 5.03 Å². The number of aromatic carboxylic acids is 1. The fraction of sp³-hybridized carbons (Fsp3) is 0.238. The van der Waals surface area contributed by atoms with Gasteiger partial charge in [-0.15, -0.1) is 9.25 Å². The third-order valence-corrected chi connectivity index (χ3v) is 8.13. The predicted octanol–water partition coefficient (Wildman–Crippen LogP) is -0.0674. The summed E-state index contributed by atoms with van der Waals surface area (Å²) in [6.45, 7) is 2.94. The monoisotopic (exact) mass is 596 g/mol. The summed E-state index contributed by atoms with van der Waals surface area (Å²) in [7, 11) is -7.65. The molecule has 17 nitrogen and oxygen atoms in total. The van der Waals surface area contributed by atoms with Crippen molar-refractivity contribution in [3.05, 3.63) is 53.3 Å². The number of rotatable bonds is 10. The van der Waals surface area contributed by atoms with Gasteiger partial charge in [0.25, 0.3) is 26.0 Å². The molecule has 0 aliphatic rings. The summed E-state index contributed by atoms with van der Waals surface area (Å²) in [6, 6.07) is 5.88. The van der Waals surface area contributed by atoms with Crippen LogP contribution < -0.4 is 15.3 Å². The molecule has 40 heavy (non-hydrogen) atoms. The molecular formula is C21H24N8O9S2. The molecule has 0 spiro atoms. The van der Waals surface area contributed by atoms with Gasteiger partial charge < -0.3 is 20.3 Å². The predicted molar refractivity (Wildman–Crippen MR) is 137 cm³/mol. The number of benzene rings is 1. The van der Waals surface area contributed by atoms with E-state index < -0.39 is 64.9 Å². The smallest absolute Gasteiger partial charge is 0.342 e. The number of carboxylic acid groups (broad SMARTS) is 1. The zero-order valence-electron chi connectivity index (χ0n) is 21.5. The molecule has 3 rings (SSSR count). The van der Waals surface area contributed by atoms with Gasteiger partial charge in [-0.1, -0.05) is 12.1 Å². The molecule has 0 radical (unpaired) electrons. The molecule has 2 heterocycles. The van der Waals surface area contributed by atoms with Gasteiger partial charge in [-0.2, -0.15) is 23.5 Å². The second-order valence-electron chi connectivity index (χ2n) is 7.69. The molecule has 214 valence electrons. The van der Waals surface area contributed by atoms with Crippen LogP contribution in [0.2, 0.25) is 0 Å². The van der Waals surface area contributed by atoms with Gasteiger partial charge in [-0.25, -0.2) is 23.0 Å². The Morgan fingerprint density at radius 1 is 1.18 bits per heavy atom. The molecule has 0 saturated heterocycles. The van der Waals surface area contributed by atoms with E-state index in [9.17, 15) is 31.5 Å². The second kappa shape index (κ2) is 11.6. The number of methoxy groups -OCH3 is 1. The molecule has 0 amide bonds. The summed E-state index contributed by atoms with van der Waals surface area (Å²) < 4.78 is 65.1. The van der Waals surface area contributed by atoms with Crippen molar-refractivity contribution in [2.75, 3.05) is 13.7 Å². The second-order valence-corrected chi connectivity index (χ2v) is 11.0. The molecule has 1 aromatic carbocycles. The number of esters is 1. The van der Waals surface area contributed by atoms with Crippen LogP contribution in [0.4, 0.5) is 5.95 Å². The Bertz CT molecular complexity index is 1700.